The fourth-order valence-electron chi connectivity index (χ4n) is 1.91. The molecule has 1 heterocycles. The topological polar surface area (TPSA) is 87.7 Å². The van der Waals surface area contributed by atoms with Crippen molar-refractivity contribution in [2.24, 2.45) is 0 Å². The van der Waals surface area contributed by atoms with Gasteiger partial charge in [-0.3, -0.25) is 4.79 Å². The van der Waals surface area contributed by atoms with Crippen LogP contribution in [0.25, 0.3) is 0 Å². The molecular formula is C12H22N2O4. The monoisotopic (exact) mass is 258 g/mol. The Labute approximate surface area is 107 Å². The Balaban J connectivity index is 1.93. The summed E-state index contributed by atoms with van der Waals surface area (Å²) in [5.74, 6) is -0.912. The lowest BCUT2D eigenvalue weighted by Gasteiger charge is -2.22. The van der Waals surface area contributed by atoms with Crippen molar-refractivity contribution >= 4 is 12.0 Å². The molecule has 0 radical (unpaired) electrons. The number of nitrogens with one attached hydrogen (secondary N) is 2. The van der Waals surface area contributed by atoms with Gasteiger partial charge in [0.05, 0.1) is 12.5 Å². The molecule has 1 rings (SSSR count). The number of hydrogen-bond donors (Lipinski definition) is 3. The lowest BCUT2D eigenvalue weighted by atomic mass is 10.0. The van der Waals surface area contributed by atoms with Crippen LogP contribution in [0.3, 0.4) is 0 Å². The highest BCUT2D eigenvalue weighted by molar-refractivity contribution is 5.74. The number of hydrogen-bond acceptors (Lipinski definition) is 3. The van der Waals surface area contributed by atoms with Crippen molar-refractivity contribution in [1.82, 2.24) is 10.6 Å². The Bertz CT molecular complexity index is 265. The summed E-state index contributed by atoms with van der Waals surface area (Å²) in [7, 11) is 0. The highest BCUT2D eigenvalue weighted by Crippen LogP contribution is 2.16. The fourth-order valence-corrected chi connectivity index (χ4v) is 1.91. The number of amides is 2. The van der Waals surface area contributed by atoms with E-state index in [1.54, 1.807) is 0 Å². The van der Waals surface area contributed by atoms with Crippen molar-refractivity contribution < 1.29 is 19.4 Å². The predicted octanol–water partition coefficient (Wildman–Crippen LogP) is 1.11. The zero-order valence-electron chi connectivity index (χ0n) is 10.6. The van der Waals surface area contributed by atoms with E-state index in [1.165, 1.54) is 6.42 Å². The van der Waals surface area contributed by atoms with Crippen LogP contribution in [0, 0.1) is 0 Å². The number of ether oxygens (including phenoxy) is 1. The molecule has 1 fully saturated rings. The van der Waals surface area contributed by atoms with Gasteiger partial charge < -0.3 is 20.5 Å². The molecule has 6 heteroatoms. The number of rotatable bonds is 7. The van der Waals surface area contributed by atoms with Crippen molar-refractivity contribution in [3.8, 4) is 0 Å². The summed E-state index contributed by atoms with van der Waals surface area (Å²) < 4.78 is 5.58. The van der Waals surface area contributed by atoms with Gasteiger partial charge in [-0.05, 0) is 32.1 Å². The maximum atomic E-state index is 11.2. The Kier molecular flexibility index (Phi) is 7.17. The zero-order valence-corrected chi connectivity index (χ0v) is 10.6. The summed E-state index contributed by atoms with van der Waals surface area (Å²) in [6.45, 7) is 1.61. The third-order valence-electron chi connectivity index (χ3n) is 2.89. The molecular weight excluding hydrogens is 236 g/mol. The standard InChI is InChI=1S/C12H22N2O4/c15-11(16)6-8-14-12(17)13-7-3-5-10-4-1-2-9-18-10/h10H,1-9H2,(H,15,16)(H2,13,14,17). The van der Waals surface area contributed by atoms with Gasteiger partial charge >= 0.3 is 12.0 Å². The minimum absolute atomic E-state index is 0.0522. The second kappa shape index (κ2) is 8.74. The van der Waals surface area contributed by atoms with Gasteiger partial charge in [-0.15, -0.1) is 0 Å². The molecule has 0 saturated carbocycles. The first kappa shape index (κ1) is 14.8. The third-order valence-corrected chi connectivity index (χ3v) is 2.89. The quantitative estimate of drug-likeness (QED) is 0.597. The molecule has 0 aromatic rings. The van der Waals surface area contributed by atoms with Gasteiger partial charge in [0.15, 0.2) is 0 Å². The molecule has 6 nitrogen and oxygen atoms in total. The highest BCUT2D eigenvalue weighted by Gasteiger charge is 2.13. The molecule has 0 aromatic carbocycles. The predicted molar refractivity (Wildman–Crippen MR) is 66.5 cm³/mol. The minimum Gasteiger partial charge on any atom is -0.481 e. The first-order chi connectivity index (χ1) is 8.68. The molecule has 0 spiro atoms. The molecule has 1 unspecified atom stereocenters. The van der Waals surface area contributed by atoms with Crippen molar-refractivity contribution in [3.63, 3.8) is 0 Å². The van der Waals surface area contributed by atoms with Gasteiger partial charge in [0.2, 0.25) is 0 Å². The van der Waals surface area contributed by atoms with Gasteiger partial charge in [-0.2, -0.15) is 0 Å². The average Bonchev–Trinajstić information content (AvgIpc) is 2.35. The van der Waals surface area contributed by atoms with Crippen LogP contribution >= 0.6 is 0 Å². The lowest BCUT2D eigenvalue weighted by molar-refractivity contribution is -0.136. The van der Waals surface area contributed by atoms with Gasteiger partial charge in [-0.25, -0.2) is 4.79 Å². The van der Waals surface area contributed by atoms with Crippen LogP contribution < -0.4 is 10.6 Å². The summed E-state index contributed by atoms with van der Waals surface area (Å²) in [6, 6.07) is -0.305. The average molecular weight is 258 g/mol. The molecule has 0 bridgehead atoms. The Morgan fingerprint density at radius 1 is 1.22 bits per heavy atom. The van der Waals surface area contributed by atoms with E-state index in [0.717, 1.165) is 32.3 Å². The molecule has 3 N–H and O–H groups in total. The van der Waals surface area contributed by atoms with E-state index in [-0.39, 0.29) is 19.0 Å². The molecule has 1 saturated heterocycles. The summed E-state index contributed by atoms with van der Waals surface area (Å²) in [6.07, 6.45) is 5.64. The van der Waals surface area contributed by atoms with Crippen LogP contribution in [-0.2, 0) is 9.53 Å². The van der Waals surface area contributed by atoms with Gasteiger partial charge in [0.25, 0.3) is 0 Å². The summed E-state index contributed by atoms with van der Waals surface area (Å²) in [5, 5.41) is 13.6. The highest BCUT2D eigenvalue weighted by atomic mass is 16.5. The molecule has 1 aliphatic rings. The van der Waals surface area contributed by atoms with Crippen LogP contribution in [0.1, 0.15) is 38.5 Å². The molecule has 18 heavy (non-hydrogen) atoms. The molecule has 1 atom stereocenters. The van der Waals surface area contributed by atoms with Crippen LogP contribution in [0.5, 0.6) is 0 Å². The SMILES string of the molecule is O=C(O)CCNC(=O)NCCCC1CCCCO1. The van der Waals surface area contributed by atoms with E-state index < -0.39 is 5.97 Å². The lowest BCUT2D eigenvalue weighted by Crippen LogP contribution is -2.37. The van der Waals surface area contributed by atoms with Crippen LogP contribution in [0.2, 0.25) is 0 Å². The number of carbonyl (C=O) groups excluding carboxylic acids is 1. The van der Waals surface area contributed by atoms with Gasteiger partial charge in [-0.1, -0.05) is 0 Å². The summed E-state index contributed by atoms with van der Waals surface area (Å²) in [5.41, 5.74) is 0. The van der Waals surface area contributed by atoms with Crippen molar-refractivity contribution in [3.05, 3.63) is 0 Å². The minimum atomic E-state index is -0.912. The van der Waals surface area contributed by atoms with Crippen molar-refractivity contribution in [2.45, 2.75) is 44.6 Å². The maximum Gasteiger partial charge on any atom is 0.314 e. The molecule has 104 valence electrons. The van der Waals surface area contributed by atoms with Crippen molar-refractivity contribution in [1.29, 1.82) is 0 Å². The number of carboxylic acids is 1. The first-order valence-electron chi connectivity index (χ1n) is 6.53. The number of aliphatic carboxylic acids is 1. The number of urea groups is 1. The Hall–Kier alpha value is -1.30. The van der Waals surface area contributed by atoms with E-state index >= 15 is 0 Å². The fraction of sp³-hybridized carbons (Fsp3) is 0.833. The number of carbonyl (C=O) groups is 2. The largest absolute Gasteiger partial charge is 0.481 e. The Morgan fingerprint density at radius 2 is 2.00 bits per heavy atom. The smallest absolute Gasteiger partial charge is 0.314 e. The van der Waals surface area contributed by atoms with Crippen LogP contribution in [-0.4, -0.2) is 42.9 Å². The van der Waals surface area contributed by atoms with E-state index in [4.69, 9.17) is 9.84 Å². The van der Waals surface area contributed by atoms with Gasteiger partial charge in [0, 0.05) is 19.7 Å². The maximum absolute atomic E-state index is 11.2. The molecule has 0 aromatic heterocycles. The van der Waals surface area contributed by atoms with E-state index in [0.29, 0.717) is 12.6 Å². The second-order valence-electron chi connectivity index (χ2n) is 4.46. The summed E-state index contributed by atoms with van der Waals surface area (Å²) in [4.78, 5) is 21.5. The summed E-state index contributed by atoms with van der Waals surface area (Å²) >= 11 is 0. The molecule has 1 aliphatic heterocycles. The second-order valence-corrected chi connectivity index (χ2v) is 4.46. The zero-order chi connectivity index (χ0) is 13.2. The van der Waals surface area contributed by atoms with Crippen molar-refractivity contribution in [2.75, 3.05) is 19.7 Å². The van der Waals surface area contributed by atoms with E-state index in [1.807, 2.05) is 0 Å². The normalized spacial score (nSPS) is 19.2. The molecule has 0 aliphatic carbocycles. The van der Waals surface area contributed by atoms with Gasteiger partial charge in [0.1, 0.15) is 0 Å². The van der Waals surface area contributed by atoms with Crippen LogP contribution in [0.15, 0.2) is 0 Å². The van der Waals surface area contributed by atoms with E-state index in [9.17, 15) is 9.59 Å². The first-order valence-corrected chi connectivity index (χ1v) is 6.53. The molecule has 2 amide bonds. The third kappa shape index (κ3) is 7.11. The van der Waals surface area contributed by atoms with E-state index in [2.05, 4.69) is 10.6 Å². The number of carboxylic acid groups (broad SMARTS) is 1. The Morgan fingerprint density at radius 3 is 2.67 bits per heavy atom. The van der Waals surface area contributed by atoms with Crippen LogP contribution in [0.4, 0.5) is 4.79 Å².